The average Bonchev–Trinajstić information content (AvgIpc) is 3.18. The number of carbonyl (C=O) groups excluding carboxylic acids is 2. The molecule has 0 radical (unpaired) electrons. The number of nitrogens with one attached hydrogen (secondary N) is 3. The minimum absolute atomic E-state index is 0.123. The predicted octanol–water partition coefficient (Wildman–Crippen LogP) is 2.90. The Morgan fingerprint density at radius 3 is 2.60 bits per heavy atom. The molecular weight excluding hydrogens is 391 g/mol. The Morgan fingerprint density at radius 1 is 1.03 bits per heavy atom. The fourth-order valence-corrected chi connectivity index (χ4v) is 2.71. The second kappa shape index (κ2) is 7.95. The first-order valence-corrected chi connectivity index (χ1v) is 8.81. The summed E-state index contributed by atoms with van der Waals surface area (Å²) in [5, 5.41) is 12.0. The number of hydrogen-bond acceptors (Lipinski definition) is 6. The van der Waals surface area contributed by atoms with Crippen molar-refractivity contribution in [3.63, 3.8) is 0 Å². The van der Waals surface area contributed by atoms with Crippen molar-refractivity contribution >= 4 is 28.5 Å². The topological polar surface area (TPSA) is 122 Å². The quantitative estimate of drug-likeness (QED) is 0.438. The number of benzene rings is 1. The number of anilines is 1. The molecule has 4 rings (SSSR count). The molecule has 0 atom stereocenters. The molecule has 4 aromatic rings. The van der Waals surface area contributed by atoms with Gasteiger partial charge in [-0.15, -0.1) is 0 Å². The van der Waals surface area contributed by atoms with E-state index in [1.807, 2.05) is 0 Å². The smallest absolute Gasteiger partial charge is 0.274 e. The first-order valence-electron chi connectivity index (χ1n) is 8.81. The van der Waals surface area contributed by atoms with Crippen LogP contribution >= 0.6 is 0 Å². The third-order valence-corrected chi connectivity index (χ3v) is 4.15. The summed E-state index contributed by atoms with van der Waals surface area (Å²) in [5.74, 6) is -0.474. The number of aromatic nitrogens is 4. The van der Waals surface area contributed by atoms with Crippen molar-refractivity contribution in [1.29, 1.82) is 0 Å². The molecule has 0 saturated carbocycles. The lowest BCUT2D eigenvalue weighted by molar-refractivity contribution is 0.0957. The van der Waals surface area contributed by atoms with Crippen LogP contribution in [-0.2, 0) is 0 Å². The Bertz CT molecular complexity index is 1240. The van der Waals surface area contributed by atoms with E-state index in [9.17, 15) is 14.0 Å². The Labute approximate surface area is 169 Å². The molecule has 0 saturated heterocycles. The molecule has 2 amide bonds. The Kier molecular flexibility index (Phi) is 5.04. The van der Waals surface area contributed by atoms with Gasteiger partial charge in [0.25, 0.3) is 11.8 Å². The highest BCUT2D eigenvalue weighted by Gasteiger charge is 2.15. The van der Waals surface area contributed by atoms with Crippen LogP contribution in [0.3, 0.4) is 0 Å². The zero-order valence-electron chi connectivity index (χ0n) is 15.6. The van der Waals surface area contributed by atoms with Gasteiger partial charge < -0.3 is 15.4 Å². The van der Waals surface area contributed by atoms with Gasteiger partial charge in [0.2, 0.25) is 5.95 Å². The minimum Gasteiger partial charge on any atom is -0.457 e. The molecule has 0 aliphatic carbocycles. The molecule has 3 aromatic heterocycles. The Balaban J connectivity index is 1.46. The van der Waals surface area contributed by atoms with Crippen LogP contribution in [0.5, 0.6) is 11.5 Å². The third kappa shape index (κ3) is 3.92. The molecule has 0 aliphatic heterocycles. The van der Waals surface area contributed by atoms with Crippen LogP contribution in [-0.4, -0.2) is 39.0 Å². The summed E-state index contributed by atoms with van der Waals surface area (Å²) >= 11 is 0. The van der Waals surface area contributed by atoms with Crippen molar-refractivity contribution in [1.82, 2.24) is 25.5 Å². The Morgan fingerprint density at radius 2 is 1.83 bits per heavy atom. The van der Waals surface area contributed by atoms with Gasteiger partial charge in [-0.05, 0) is 42.5 Å². The predicted molar refractivity (Wildman–Crippen MR) is 106 cm³/mol. The lowest BCUT2D eigenvalue weighted by Gasteiger charge is -2.08. The standard InChI is InChI=1S/C20H15FN6O3/c1-22-19(28)15-10-13(8-9-23-15)30-12-4-2-11(3-5-12)24-20(29)17-14-6-7-16(21)25-18(14)27-26-17/h2-10H,1H3,(H,22,28)(H,24,29)(H,25,26,27). The monoisotopic (exact) mass is 406 g/mol. The molecule has 3 N–H and O–H groups in total. The second-order valence-electron chi connectivity index (χ2n) is 6.14. The molecule has 0 unspecified atom stereocenters. The largest absolute Gasteiger partial charge is 0.457 e. The normalized spacial score (nSPS) is 10.6. The molecule has 3 heterocycles. The van der Waals surface area contributed by atoms with E-state index in [-0.39, 0.29) is 22.9 Å². The maximum Gasteiger partial charge on any atom is 0.274 e. The number of pyridine rings is 2. The Hall–Kier alpha value is -4.34. The van der Waals surface area contributed by atoms with E-state index in [4.69, 9.17) is 4.74 Å². The zero-order valence-corrected chi connectivity index (χ0v) is 15.6. The summed E-state index contributed by atoms with van der Waals surface area (Å²) in [6.45, 7) is 0. The number of aromatic amines is 1. The van der Waals surface area contributed by atoms with E-state index in [1.165, 1.54) is 25.4 Å². The maximum absolute atomic E-state index is 13.2. The number of fused-ring (bicyclic) bond motifs is 1. The van der Waals surface area contributed by atoms with E-state index in [0.717, 1.165) is 6.07 Å². The number of rotatable bonds is 5. The van der Waals surface area contributed by atoms with Crippen LogP contribution in [0, 0.1) is 5.95 Å². The summed E-state index contributed by atoms with van der Waals surface area (Å²) in [7, 11) is 1.52. The number of H-pyrrole nitrogens is 1. The highest BCUT2D eigenvalue weighted by molar-refractivity contribution is 6.10. The van der Waals surface area contributed by atoms with Crippen molar-refractivity contribution in [2.45, 2.75) is 0 Å². The number of carbonyl (C=O) groups is 2. The molecule has 150 valence electrons. The highest BCUT2D eigenvalue weighted by Crippen LogP contribution is 2.24. The molecule has 9 nitrogen and oxygen atoms in total. The van der Waals surface area contributed by atoms with E-state index >= 15 is 0 Å². The molecule has 0 bridgehead atoms. The molecule has 10 heteroatoms. The van der Waals surface area contributed by atoms with Crippen molar-refractivity contribution in [3.05, 3.63) is 72.1 Å². The highest BCUT2D eigenvalue weighted by atomic mass is 19.1. The van der Waals surface area contributed by atoms with Gasteiger partial charge >= 0.3 is 0 Å². The minimum atomic E-state index is -0.673. The molecule has 0 aliphatic rings. The van der Waals surface area contributed by atoms with Gasteiger partial charge in [-0.25, -0.2) is 0 Å². The van der Waals surface area contributed by atoms with E-state index in [2.05, 4.69) is 30.8 Å². The SMILES string of the molecule is CNC(=O)c1cc(Oc2ccc(NC(=O)c3[nH]nc4nc(F)ccc34)cc2)ccn1. The van der Waals surface area contributed by atoms with Gasteiger partial charge in [0.05, 0.1) is 5.39 Å². The maximum atomic E-state index is 13.2. The van der Waals surface area contributed by atoms with Crippen molar-refractivity contribution < 1.29 is 18.7 Å². The molecule has 0 fully saturated rings. The lowest BCUT2D eigenvalue weighted by atomic mass is 10.2. The van der Waals surface area contributed by atoms with Crippen molar-refractivity contribution in [2.24, 2.45) is 0 Å². The van der Waals surface area contributed by atoms with Gasteiger partial charge in [-0.2, -0.15) is 14.5 Å². The number of hydrogen-bond donors (Lipinski definition) is 3. The summed E-state index contributed by atoms with van der Waals surface area (Å²) in [5.41, 5.74) is 1.06. The van der Waals surface area contributed by atoms with Gasteiger partial charge in [-0.1, -0.05) is 0 Å². The lowest BCUT2D eigenvalue weighted by Crippen LogP contribution is -2.18. The number of halogens is 1. The summed E-state index contributed by atoms with van der Waals surface area (Å²) in [6, 6.07) is 12.4. The average molecular weight is 406 g/mol. The summed E-state index contributed by atoms with van der Waals surface area (Å²) in [6.07, 6.45) is 1.48. The second-order valence-corrected chi connectivity index (χ2v) is 6.14. The van der Waals surface area contributed by atoms with E-state index < -0.39 is 11.9 Å². The van der Waals surface area contributed by atoms with Crippen LogP contribution in [0.15, 0.2) is 54.7 Å². The van der Waals surface area contributed by atoms with Gasteiger partial charge in [0.15, 0.2) is 5.65 Å². The van der Waals surface area contributed by atoms with Gasteiger partial charge in [-0.3, -0.25) is 19.7 Å². The first kappa shape index (κ1) is 19.0. The fraction of sp³-hybridized carbons (Fsp3) is 0.0500. The first-order chi connectivity index (χ1) is 14.5. The van der Waals surface area contributed by atoms with Crippen LogP contribution in [0.1, 0.15) is 21.0 Å². The fourth-order valence-electron chi connectivity index (χ4n) is 2.71. The number of nitrogens with zero attached hydrogens (tertiary/aromatic N) is 3. The zero-order chi connectivity index (χ0) is 21.1. The molecule has 1 aromatic carbocycles. The van der Waals surface area contributed by atoms with Crippen LogP contribution in [0.25, 0.3) is 11.0 Å². The van der Waals surface area contributed by atoms with Crippen molar-refractivity contribution in [3.8, 4) is 11.5 Å². The summed E-state index contributed by atoms with van der Waals surface area (Å²) < 4.78 is 18.9. The molecular formula is C20H15FN6O3. The number of amides is 2. The van der Waals surface area contributed by atoms with Crippen LogP contribution in [0.2, 0.25) is 0 Å². The van der Waals surface area contributed by atoms with E-state index in [0.29, 0.717) is 22.6 Å². The van der Waals surface area contributed by atoms with Crippen LogP contribution < -0.4 is 15.4 Å². The van der Waals surface area contributed by atoms with Gasteiger partial charge in [0.1, 0.15) is 22.9 Å². The third-order valence-electron chi connectivity index (χ3n) is 4.15. The number of ether oxygens (including phenoxy) is 1. The summed E-state index contributed by atoms with van der Waals surface area (Å²) in [4.78, 5) is 31.8. The molecule has 0 spiro atoms. The van der Waals surface area contributed by atoms with Crippen molar-refractivity contribution in [2.75, 3.05) is 12.4 Å². The van der Waals surface area contributed by atoms with Crippen LogP contribution in [0.4, 0.5) is 10.1 Å². The van der Waals surface area contributed by atoms with Gasteiger partial charge in [0, 0.05) is 25.0 Å². The van der Waals surface area contributed by atoms with E-state index in [1.54, 1.807) is 30.3 Å². The molecule has 30 heavy (non-hydrogen) atoms.